The maximum atomic E-state index is 13.5. The first-order valence-corrected chi connectivity index (χ1v) is 5.97. The molecule has 0 atom stereocenters. The van der Waals surface area contributed by atoms with Crippen LogP contribution < -0.4 is 0 Å². The van der Waals surface area contributed by atoms with Gasteiger partial charge in [0.25, 0.3) is 5.91 Å². The predicted octanol–water partition coefficient (Wildman–Crippen LogP) is 2.36. The average Bonchev–Trinajstić information content (AvgIpc) is 2.48. The lowest BCUT2D eigenvalue weighted by Crippen LogP contribution is -2.27. The van der Waals surface area contributed by atoms with Gasteiger partial charge in [0.2, 0.25) is 0 Å². The summed E-state index contributed by atoms with van der Waals surface area (Å²) in [5.41, 5.74) is 0.963. The summed E-state index contributed by atoms with van der Waals surface area (Å²) in [6.07, 6.45) is 1.41. The number of carbonyl (C=O) groups is 1. The van der Waals surface area contributed by atoms with E-state index in [4.69, 9.17) is 5.26 Å². The summed E-state index contributed by atoms with van der Waals surface area (Å²) in [5.74, 6) is -0.712. The van der Waals surface area contributed by atoms with Crippen molar-refractivity contribution in [3.05, 3.63) is 65.2 Å². The Labute approximate surface area is 116 Å². The number of halogens is 1. The zero-order chi connectivity index (χ0) is 14.5. The minimum absolute atomic E-state index is 0.143. The molecule has 0 aliphatic rings. The summed E-state index contributed by atoms with van der Waals surface area (Å²) in [6, 6.07) is 11.2. The molecule has 2 aromatic rings. The Bertz CT molecular complexity index is 679. The Morgan fingerprint density at radius 1 is 1.40 bits per heavy atom. The molecule has 1 aromatic carbocycles. The van der Waals surface area contributed by atoms with E-state index in [0.29, 0.717) is 11.1 Å². The Balaban J connectivity index is 2.17. The molecule has 0 bridgehead atoms. The third kappa shape index (κ3) is 2.98. The Kier molecular flexibility index (Phi) is 4.06. The van der Waals surface area contributed by atoms with Gasteiger partial charge >= 0.3 is 0 Å². The minimum Gasteiger partial charge on any atom is -0.336 e. The summed E-state index contributed by atoms with van der Waals surface area (Å²) in [6.45, 7) is 0.143. The third-order valence-corrected chi connectivity index (χ3v) is 2.82. The van der Waals surface area contributed by atoms with Crippen LogP contribution in [0.2, 0.25) is 0 Å². The van der Waals surface area contributed by atoms with Crippen LogP contribution in [0.5, 0.6) is 0 Å². The molecule has 0 saturated heterocycles. The number of benzene rings is 1. The van der Waals surface area contributed by atoms with E-state index in [2.05, 4.69) is 4.98 Å². The van der Waals surface area contributed by atoms with Crippen molar-refractivity contribution in [1.82, 2.24) is 9.88 Å². The highest BCUT2D eigenvalue weighted by molar-refractivity contribution is 5.92. The minimum atomic E-state index is -0.356. The van der Waals surface area contributed by atoms with Crippen LogP contribution in [0.4, 0.5) is 4.39 Å². The van der Waals surface area contributed by atoms with Crippen molar-refractivity contribution >= 4 is 5.91 Å². The number of nitriles is 1. The molecule has 0 aliphatic heterocycles. The molecule has 0 radical (unpaired) electrons. The van der Waals surface area contributed by atoms with Crippen LogP contribution in [-0.2, 0) is 6.54 Å². The first kappa shape index (κ1) is 13.7. The zero-order valence-electron chi connectivity index (χ0n) is 10.9. The van der Waals surface area contributed by atoms with Gasteiger partial charge in [-0.1, -0.05) is 18.2 Å². The molecule has 1 aromatic heterocycles. The molecule has 0 fully saturated rings. The van der Waals surface area contributed by atoms with Gasteiger partial charge in [-0.3, -0.25) is 9.78 Å². The lowest BCUT2D eigenvalue weighted by molar-refractivity contribution is 0.0778. The molecule has 2 rings (SSSR count). The summed E-state index contributed by atoms with van der Waals surface area (Å²) in [5, 5.41) is 8.80. The van der Waals surface area contributed by atoms with Gasteiger partial charge in [-0.2, -0.15) is 5.26 Å². The van der Waals surface area contributed by atoms with Gasteiger partial charge in [-0.25, -0.2) is 4.39 Å². The molecule has 0 saturated carbocycles. The number of nitrogens with zero attached hydrogens (tertiary/aromatic N) is 3. The molecule has 4 nitrogen and oxygen atoms in total. The molecule has 20 heavy (non-hydrogen) atoms. The van der Waals surface area contributed by atoms with E-state index in [1.807, 2.05) is 6.07 Å². The molecule has 100 valence electrons. The highest BCUT2D eigenvalue weighted by Gasteiger charge is 2.15. The van der Waals surface area contributed by atoms with Crippen molar-refractivity contribution in [1.29, 1.82) is 5.26 Å². The van der Waals surface area contributed by atoms with E-state index in [9.17, 15) is 9.18 Å². The summed E-state index contributed by atoms with van der Waals surface area (Å²) >= 11 is 0. The van der Waals surface area contributed by atoms with Gasteiger partial charge in [-0.15, -0.1) is 0 Å². The van der Waals surface area contributed by atoms with Crippen LogP contribution in [0.15, 0.2) is 42.6 Å². The van der Waals surface area contributed by atoms with Crippen LogP contribution in [0.1, 0.15) is 21.6 Å². The second kappa shape index (κ2) is 5.93. The largest absolute Gasteiger partial charge is 0.336 e. The fraction of sp³-hybridized carbons (Fsp3) is 0.133. The Hall–Kier alpha value is -2.74. The highest BCUT2D eigenvalue weighted by atomic mass is 19.1. The predicted molar refractivity (Wildman–Crippen MR) is 71.1 cm³/mol. The third-order valence-electron chi connectivity index (χ3n) is 2.82. The maximum Gasteiger partial charge on any atom is 0.272 e. The molecule has 1 heterocycles. The van der Waals surface area contributed by atoms with Gasteiger partial charge in [0.05, 0.1) is 11.6 Å². The zero-order valence-corrected chi connectivity index (χ0v) is 10.9. The van der Waals surface area contributed by atoms with Crippen molar-refractivity contribution < 1.29 is 9.18 Å². The van der Waals surface area contributed by atoms with E-state index in [1.54, 1.807) is 25.2 Å². The van der Waals surface area contributed by atoms with Crippen LogP contribution in [0.3, 0.4) is 0 Å². The van der Waals surface area contributed by atoms with Gasteiger partial charge < -0.3 is 4.90 Å². The summed E-state index contributed by atoms with van der Waals surface area (Å²) < 4.78 is 13.5. The second-order valence-corrected chi connectivity index (χ2v) is 4.29. The Morgan fingerprint density at radius 3 is 2.85 bits per heavy atom. The quantitative estimate of drug-likeness (QED) is 0.859. The number of aromatic nitrogens is 1. The molecule has 0 unspecified atom stereocenters. The smallest absolute Gasteiger partial charge is 0.272 e. The molecule has 0 spiro atoms. The monoisotopic (exact) mass is 269 g/mol. The normalized spacial score (nSPS) is 9.85. The van der Waals surface area contributed by atoms with Crippen molar-refractivity contribution in [2.45, 2.75) is 6.54 Å². The number of carbonyl (C=O) groups excluding carboxylic acids is 1. The van der Waals surface area contributed by atoms with Crippen LogP contribution >= 0.6 is 0 Å². The maximum absolute atomic E-state index is 13.5. The second-order valence-electron chi connectivity index (χ2n) is 4.29. The van der Waals surface area contributed by atoms with Gasteiger partial charge in [0.1, 0.15) is 11.5 Å². The topological polar surface area (TPSA) is 57.0 Å². The van der Waals surface area contributed by atoms with Gasteiger partial charge in [-0.05, 0) is 18.2 Å². The lowest BCUT2D eigenvalue weighted by atomic mass is 10.2. The molecular formula is C15H12FN3O. The van der Waals surface area contributed by atoms with E-state index in [0.717, 1.165) is 0 Å². The highest BCUT2D eigenvalue weighted by Crippen LogP contribution is 2.11. The number of hydrogen-bond acceptors (Lipinski definition) is 3. The SMILES string of the molecule is CN(Cc1ccccc1F)C(=O)c1cc(C#N)ccn1. The molecular weight excluding hydrogens is 257 g/mol. The van der Waals surface area contributed by atoms with Crippen molar-refractivity contribution in [2.75, 3.05) is 7.05 Å². The number of rotatable bonds is 3. The van der Waals surface area contributed by atoms with Crippen molar-refractivity contribution in [2.24, 2.45) is 0 Å². The van der Waals surface area contributed by atoms with Crippen molar-refractivity contribution in [3.63, 3.8) is 0 Å². The molecule has 1 amide bonds. The number of hydrogen-bond donors (Lipinski definition) is 0. The Morgan fingerprint density at radius 2 is 2.15 bits per heavy atom. The van der Waals surface area contributed by atoms with Crippen LogP contribution in [-0.4, -0.2) is 22.8 Å². The van der Waals surface area contributed by atoms with E-state index < -0.39 is 0 Å². The van der Waals surface area contributed by atoms with Gasteiger partial charge in [0, 0.05) is 25.4 Å². The van der Waals surface area contributed by atoms with Gasteiger partial charge in [0.15, 0.2) is 0 Å². The van der Waals surface area contributed by atoms with E-state index in [1.165, 1.54) is 29.3 Å². The molecule has 0 N–H and O–H groups in total. The van der Waals surface area contributed by atoms with E-state index in [-0.39, 0.29) is 24.0 Å². The lowest BCUT2D eigenvalue weighted by Gasteiger charge is -2.17. The first-order valence-electron chi connectivity index (χ1n) is 5.97. The fourth-order valence-electron chi connectivity index (χ4n) is 1.77. The van der Waals surface area contributed by atoms with Crippen LogP contribution in [0.25, 0.3) is 0 Å². The molecule has 5 heteroatoms. The first-order chi connectivity index (χ1) is 9.61. The summed E-state index contributed by atoms with van der Waals surface area (Å²) in [7, 11) is 1.56. The number of amides is 1. The average molecular weight is 269 g/mol. The standard InChI is InChI=1S/C15H12FN3O/c1-19(10-12-4-2-3-5-13(12)16)15(20)14-8-11(9-17)6-7-18-14/h2-8H,10H2,1H3. The fourth-order valence-corrected chi connectivity index (χ4v) is 1.77. The van der Waals surface area contributed by atoms with E-state index >= 15 is 0 Å². The summed E-state index contributed by atoms with van der Waals surface area (Å²) in [4.78, 5) is 17.5. The molecule has 0 aliphatic carbocycles. The van der Waals surface area contributed by atoms with Crippen molar-refractivity contribution in [3.8, 4) is 6.07 Å². The number of pyridine rings is 1. The van der Waals surface area contributed by atoms with Crippen LogP contribution in [0, 0.1) is 17.1 Å².